The van der Waals surface area contributed by atoms with Crippen LogP contribution in [-0.2, 0) is 21.7 Å². The molecule has 1 saturated heterocycles. The Labute approximate surface area is 153 Å². The van der Waals surface area contributed by atoms with Crippen LogP contribution in [0, 0.1) is 0 Å². The summed E-state index contributed by atoms with van der Waals surface area (Å²) in [5, 5.41) is 0.704. The van der Waals surface area contributed by atoms with Gasteiger partial charge in [0.15, 0.2) is 0 Å². The summed E-state index contributed by atoms with van der Waals surface area (Å²) in [6.45, 7) is 5.42. The number of amides is 1. The Morgan fingerprint density at radius 1 is 1.12 bits per heavy atom. The molecule has 0 bridgehead atoms. The van der Waals surface area contributed by atoms with Crippen molar-refractivity contribution in [2.75, 3.05) is 13.1 Å². The predicted octanol–water partition coefficient (Wildman–Crippen LogP) is 4.61. The van der Waals surface area contributed by atoms with Gasteiger partial charge in [0.05, 0.1) is 24.8 Å². The largest absolute Gasteiger partial charge is 0.445 e. The molecule has 0 unspecified atom stereocenters. The third-order valence-electron chi connectivity index (χ3n) is 4.31. The molecule has 2 aromatic carbocycles. The normalized spacial score (nSPS) is 14.9. The zero-order valence-corrected chi connectivity index (χ0v) is 15.2. The highest BCUT2D eigenvalue weighted by Crippen LogP contribution is 2.30. The fourth-order valence-electron chi connectivity index (χ4n) is 2.81. The minimum Gasteiger partial charge on any atom is -0.445 e. The van der Waals surface area contributed by atoms with Gasteiger partial charge in [-0.15, -0.1) is 0 Å². The van der Waals surface area contributed by atoms with Crippen molar-refractivity contribution in [3.05, 3.63) is 70.7 Å². The minimum absolute atomic E-state index is 0.00922. The van der Waals surface area contributed by atoms with Crippen molar-refractivity contribution in [2.45, 2.75) is 32.2 Å². The number of carbonyl (C=O) groups excluding carboxylic acids is 1. The molecule has 132 valence electrons. The summed E-state index contributed by atoms with van der Waals surface area (Å²) in [7, 11) is 0. The maximum atomic E-state index is 12.1. The molecule has 2 aromatic rings. The Kier molecular flexibility index (Phi) is 5.30. The van der Waals surface area contributed by atoms with Gasteiger partial charge in [-0.3, -0.25) is 0 Å². The molecule has 1 fully saturated rings. The van der Waals surface area contributed by atoms with E-state index < -0.39 is 5.60 Å². The first-order valence-electron chi connectivity index (χ1n) is 8.33. The quantitative estimate of drug-likeness (QED) is 0.782. The fourth-order valence-corrected chi connectivity index (χ4v) is 2.93. The van der Waals surface area contributed by atoms with Crippen molar-refractivity contribution in [1.29, 1.82) is 0 Å². The van der Waals surface area contributed by atoms with E-state index >= 15 is 0 Å². The van der Waals surface area contributed by atoms with Crippen LogP contribution >= 0.6 is 11.6 Å². The number of halogens is 1. The van der Waals surface area contributed by atoms with Crippen LogP contribution in [0.25, 0.3) is 0 Å². The molecule has 1 aliphatic heterocycles. The standard InChI is InChI=1S/C20H22ClNO3/c1-20(2,16-8-10-17(21)11-9-16)25-18-12-22(13-18)19(23)24-14-15-6-4-3-5-7-15/h3-11,18H,12-14H2,1-2H3. The van der Waals surface area contributed by atoms with E-state index in [-0.39, 0.29) is 18.8 Å². The summed E-state index contributed by atoms with van der Waals surface area (Å²) >= 11 is 5.93. The summed E-state index contributed by atoms with van der Waals surface area (Å²) in [5.74, 6) is 0. The Morgan fingerprint density at radius 2 is 1.76 bits per heavy atom. The van der Waals surface area contributed by atoms with Gasteiger partial charge in [0.25, 0.3) is 0 Å². The lowest BCUT2D eigenvalue weighted by molar-refractivity contribution is -0.130. The monoisotopic (exact) mass is 359 g/mol. The number of hydrogen-bond acceptors (Lipinski definition) is 3. The third-order valence-corrected chi connectivity index (χ3v) is 4.56. The molecular weight excluding hydrogens is 338 g/mol. The lowest BCUT2D eigenvalue weighted by Crippen LogP contribution is -2.56. The first-order chi connectivity index (χ1) is 11.9. The van der Waals surface area contributed by atoms with Gasteiger partial charge < -0.3 is 14.4 Å². The van der Waals surface area contributed by atoms with Crippen molar-refractivity contribution < 1.29 is 14.3 Å². The van der Waals surface area contributed by atoms with Crippen LogP contribution in [0.5, 0.6) is 0 Å². The predicted molar refractivity (Wildman–Crippen MR) is 97.6 cm³/mol. The van der Waals surface area contributed by atoms with Crippen molar-refractivity contribution in [1.82, 2.24) is 4.90 Å². The molecule has 0 radical (unpaired) electrons. The van der Waals surface area contributed by atoms with E-state index in [1.165, 1.54) is 0 Å². The molecule has 3 rings (SSSR count). The van der Waals surface area contributed by atoms with Crippen LogP contribution in [-0.4, -0.2) is 30.2 Å². The van der Waals surface area contributed by atoms with E-state index in [0.717, 1.165) is 11.1 Å². The van der Waals surface area contributed by atoms with Gasteiger partial charge in [-0.2, -0.15) is 0 Å². The number of rotatable bonds is 5. The Bertz CT molecular complexity index is 709. The molecule has 4 nitrogen and oxygen atoms in total. The van der Waals surface area contributed by atoms with Crippen LogP contribution < -0.4 is 0 Å². The number of benzene rings is 2. The van der Waals surface area contributed by atoms with Gasteiger partial charge in [0, 0.05) is 5.02 Å². The van der Waals surface area contributed by atoms with Crippen LogP contribution in [0.3, 0.4) is 0 Å². The highest BCUT2D eigenvalue weighted by atomic mass is 35.5. The number of carbonyl (C=O) groups is 1. The lowest BCUT2D eigenvalue weighted by Gasteiger charge is -2.42. The highest BCUT2D eigenvalue weighted by Gasteiger charge is 2.36. The average molecular weight is 360 g/mol. The first kappa shape index (κ1) is 17.8. The number of likely N-dealkylation sites (tertiary alicyclic amines) is 1. The molecule has 0 N–H and O–H groups in total. The maximum absolute atomic E-state index is 12.1. The van der Waals surface area contributed by atoms with E-state index in [4.69, 9.17) is 21.1 Å². The van der Waals surface area contributed by atoms with Gasteiger partial charge in [-0.1, -0.05) is 54.1 Å². The molecule has 1 amide bonds. The first-order valence-corrected chi connectivity index (χ1v) is 8.71. The molecule has 0 aliphatic carbocycles. The molecule has 0 saturated carbocycles. The summed E-state index contributed by atoms with van der Waals surface area (Å²) in [6, 6.07) is 17.3. The summed E-state index contributed by atoms with van der Waals surface area (Å²) in [6.07, 6.45) is -0.289. The van der Waals surface area contributed by atoms with E-state index in [0.29, 0.717) is 18.1 Å². The van der Waals surface area contributed by atoms with E-state index in [2.05, 4.69) is 0 Å². The maximum Gasteiger partial charge on any atom is 0.410 e. The molecule has 1 heterocycles. The summed E-state index contributed by atoms with van der Waals surface area (Å²) in [4.78, 5) is 13.7. The van der Waals surface area contributed by atoms with Crippen LogP contribution in [0.2, 0.25) is 5.02 Å². The molecular formula is C20H22ClNO3. The minimum atomic E-state index is -0.435. The van der Waals surface area contributed by atoms with Gasteiger partial charge in [-0.05, 0) is 37.1 Å². The van der Waals surface area contributed by atoms with E-state index in [1.54, 1.807) is 4.90 Å². The number of hydrogen-bond donors (Lipinski definition) is 0. The van der Waals surface area contributed by atoms with E-state index in [1.807, 2.05) is 68.4 Å². The molecule has 0 spiro atoms. The van der Waals surface area contributed by atoms with Crippen LogP contribution in [0.4, 0.5) is 4.79 Å². The van der Waals surface area contributed by atoms with Gasteiger partial charge in [0.2, 0.25) is 0 Å². The zero-order valence-electron chi connectivity index (χ0n) is 14.4. The topological polar surface area (TPSA) is 38.8 Å². The molecule has 1 aliphatic rings. The molecule has 5 heteroatoms. The fraction of sp³-hybridized carbons (Fsp3) is 0.350. The SMILES string of the molecule is CC(C)(OC1CN(C(=O)OCc2ccccc2)C1)c1ccc(Cl)cc1. The average Bonchev–Trinajstić information content (AvgIpc) is 2.57. The van der Waals surface area contributed by atoms with Gasteiger partial charge in [0.1, 0.15) is 6.61 Å². The van der Waals surface area contributed by atoms with E-state index in [9.17, 15) is 4.79 Å². The van der Waals surface area contributed by atoms with Crippen LogP contribution in [0.15, 0.2) is 54.6 Å². The Morgan fingerprint density at radius 3 is 2.40 bits per heavy atom. The van der Waals surface area contributed by atoms with Crippen molar-refractivity contribution in [2.24, 2.45) is 0 Å². The van der Waals surface area contributed by atoms with Gasteiger partial charge >= 0.3 is 6.09 Å². The lowest BCUT2D eigenvalue weighted by atomic mass is 9.97. The van der Waals surface area contributed by atoms with Crippen molar-refractivity contribution in [3.8, 4) is 0 Å². The zero-order chi connectivity index (χ0) is 17.9. The molecule has 0 atom stereocenters. The smallest absolute Gasteiger partial charge is 0.410 e. The Balaban J connectivity index is 1.45. The second-order valence-corrected chi connectivity index (χ2v) is 7.14. The van der Waals surface area contributed by atoms with Crippen molar-refractivity contribution >= 4 is 17.7 Å². The van der Waals surface area contributed by atoms with Crippen LogP contribution in [0.1, 0.15) is 25.0 Å². The summed E-state index contributed by atoms with van der Waals surface area (Å²) in [5.41, 5.74) is 1.60. The second kappa shape index (κ2) is 7.46. The Hall–Kier alpha value is -2.04. The number of nitrogens with zero attached hydrogens (tertiary/aromatic N) is 1. The molecule has 25 heavy (non-hydrogen) atoms. The highest BCUT2D eigenvalue weighted by molar-refractivity contribution is 6.30. The van der Waals surface area contributed by atoms with Gasteiger partial charge in [-0.25, -0.2) is 4.79 Å². The molecule has 0 aromatic heterocycles. The number of ether oxygens (including phenoxy) is 2. The third kappa shape index (κ3) is 4.53. The summed E-state index contributed by atoms with van der Waals surface area (Å²) < 4.78 is 11.5. The van der Waals surface area contributed by atoms with Crippen molar-refractivity contribution in [3.63, 3.8) is 0 Å². The second-order valence-electron chi connectivity index (χ2n) is 6.70.